The van der Waals surface area contributed by atoms with Gasteiger partial charge in [-0.2, -0.15) is 0 Å². The Hall–Kier alpha value is -4.67. The maximum Gasteiger partial charge on any atom is 0.573 e. The van der Waals surface area contributed by atoms with Gasteiger partial charge in [-0.05, 0) is 55.3 Å². The highest BCUT2D eigenvalue weighted by molar-refractivity contribution is 6.04. The Morgan fingerprint density at radius 1 is 1.05 bits per heavy atom. The molecule has 2 heterocycles. The summed E-state index contributed by atoms with van der Waals surface area (Å²) in [6, 6.07) is 16.4. The predicted molar refractivity (Wildman–Crippen MR) is 141 cm³/mol. The normalized spacial score (nSPS) is 12.6. The van der Waals surface area contributed by atoms with Crippen molar-refractivity contribution < 1.29 is 41.8 Å². The van der Waals surface area contributed by atoms with Gasteiger partial charge in [0.1, 0.15) is 22.9 Å². The van der Waals surface area contributed by atoms with E-state index in [-0.39, 0.29) is 18.7 Å². The second kappa shape index (κ2) is 10.5. The van der Waals surface area contributed by atoms with Crippen LogP contribution in [-0.2, 0) is 11.3 Å². The highest BCUT2D eigenvalue weighted by Gasteiger charge is 2.32. The molecule has 8 nitrogen and oxygen atoms in total. The number of rotatable bonds is 9. The van der Waals surface area contributed by atoms with Crippen molar-refractivity contribution in [3.8, 4) is 28.5 Å². The SMILES string of the molecule is CC[C@H](Oc1cccc(Cn2c(C)c(-c3noc4cc(OC)ccc34)c3ccc(OC(F)(F)F)cc32)c1)C(=O)O. The zero-order valence-corrected chi connectivity index (χ0v) is 21.8. The molecule has 208 valence electrons. The number of nitrogens with zero attached hydrogens (tertiary/aromatic N) is 2. The highest BCUT2D eigenvalue weighted by atomic mass is 19.4. The van der Waals surface area contributed by atoms with Gasteiger partial charge in [0.05, 0.1) is 18.0 Å². The molecule has 0 unspecified atom stereocenters. The van der Waals surface area contributed by atoms with E-state index in [4.69, 9.17) is 14.0 Å². The van der Waals surface area contributed by atoms with Crippen molar-refractivity contribution >= 4 is 27.8 Å². The molecule has 40 heavy (non-hydrogen) atoms. The van der Waals surface area contributed by atoms with E-state index in [2.05, 4.69) is 9.89 Å². The number of alkyl halides is 3. The summed E-state index contributed by atoms with van der Waals surface area (Å²) in [5, 5.41) is 15.0. The van der Waals surface area contributed by atoms with Crippen LogP contribution < -0.4 is 14.2 Å². The molecule has 3 aromatic carbocycles. The Labute approximate surface area is 226 Å². The van der Waals surface area contributed by atoms with Gasteiger partial charge in [-0.25, -0.2) is 4.79 Å². The first kappa shape index (κ1) is 26.9. The minimum absolute atomic E-state index is 0.252. The minimum atomic E-state index is -4.85. The van der Waals surface area contributed by atoms with Gasteiger partial charge >= 0.3 is 12.3 Å². The summed E-state index contributed by atoms with van der Waals surface area (Å²) in [4.78, 5) is 11.4. The van der Waals surface area contributed by atoms with E-state index in [1.54, 1.807) is 50.4 Å². The molecule has 5 aromatic rings. The lowest BCUT2D eigenvalue weighted by molar-refractivity contribution is -0.274. The standard InChI is InChI=1S/C29H25F3N2O6/c1-4-24(28(35)36)38-19-7-5-6-17(12-19)15-34-16(2)26(21-10-9-20(13-23(21)34)39-29(30,31)32)27-22-11-8-18(37-3)14-25(22)40-33-27/h5-14,24H,4,15H2,1-3H3,(H,35,36)/t24-/m0/s1. The first-order valence-corrected chi connectivity index (χ1v) is 12.4. The quantitative estimate of drug-likeness (QED) is 0.211. The number of fused-ring (bicyclic) bond motifs is 2. The molecular formula is C29H25F3N2O6. The largest absolute Gasteiger partial charge is 0.573 e. The van der Waals surface area contributed by atoms with E-state index in [1.165, 1.54) is 12.1 Å². The first-order valence-electron chi connectivity index (χ1n) is 12.4. The van der Waals surface area contributed by atoms with Crippen LogP contribution in [0.3, 0.4) is 0 Å². The van der Waals surface area contributed by atoms with Crippen LogP contribution in [0.4, 0.5) is 13.2 Å². The number of halogens is 3. The predicted octanol–water partition coefficient (Wildman–Crippen LogP) is 6.96. The molecule has 0 radical (unpaired) electrons. The zero-order chi connectivity index (χ0) is 28.6. The summed E-state index contributed by atoms with van der Waals surface area (Å²) in [5.41, 5.74) is 3.70. The van der Waals surface area contributed by atoms with Crippen LogP contribution in [0.1, 0.15) is 24.6 Å². The molecular weight excluding hydrogens is 529 g/mol. The number of carbonyl (C=O) groups is 1. The van der Waals surface area contributed by atoms with Crippen molar-refractivity contribution in [2.24, 2.45) is 0 Å². The Bertz CT molecular complexity index is 1710. The number of aliphatic carboxylic acids is 1. The summed E-state index contributed by atoms with van der Waals surface area (Å²) < 4.78 is 61.7. The van der Waals surface area contributed by atoms with Crippen molar-refractivity contribution in [1.29, 1.82) is 0 Å². The van der Waals surface area contributed by atoms with Gasteiger partial charge in [0.25, 0.3) is 0 Å². The number of hydrogen-bond acceptors (Lipinski definition) is 6. The van der Waals surface area contributed by atoms with Crippen molar-refractivity contribution in [3.63, 3.8) is 0 Å². The first-order chi connectivity index (χ1) is 19.1. The number of carboxylic acid groups (broad SMARTS) is 1. The van der Waals surface area contributed by atoms with Crippen molar-refractivity contribution in [1.82, 2.24) is 9.72 Å². The number of aromatic nitrogens is 2. The second-order valence-corrected chi connectivity index (χ2v) is 9.17. The van der Waals surface area contributed by atoms with Crippen LogP contribution in [0.5, 0.6) is 17.2 Å². The molecule has 11 heteroatoms. The summed E-state index contributed by atoms with van der Waals surface area (Å²) in [6.07, 6.45) is -5.57. The van der Waals surface area contributed by atoms with Crippen molar-refractivity contribution in [2.45, 2.75) is 39.3 Å². The third-order valence-corrected chi connectivity index (χ3v) is 6.61. The lowest BCUT2D eigenvalue weighted by atomic mass is 10.0. The number of benzene rings is 3. The highest BCUT2D eigenvalue weighted by Crippen LogP contribution is 2.40. The molecule has 0 aliphatic rings. The number of methoxy groups -OCH3 is 1. The lowest BCUT2D eigenvalue weighted by Gasteiger charge is -2.15. The van der Waals surface area contributed by atoms with E-state index in [0.29, 0.717) is 44.6 Å². The molecule has 0 bridgehead atoms. The Kier molecular flexibility index (Phi) is 7.05. The Morgan fingerprint density at radius 3 is 2.50 bits per heavy atom. The second-order valence-electron chi connectivity index (χ2n) is 9.17. The summed E-state index contributed by atoms with van der Waals surface area (Å²) in [7, 11) is 1.54. The van der Waals surface area contributed by atoms with Gasteiger partial charge in [-0.3, -0.25) is 0 Å². The Balaban J connectivity index is 1.63. The van der Waals surface area contributed by atoms with Crippen LogP contribution in [0.15, 0.2) is 65.2 Å². The average Bonchev–Trinajstić information content (AvgIpc) is 3.43. The van der Waals surface area contributed by atoms with E-state index in [1.807, 2.05) is 23.6 Å². The number of hydrogen-bond donors (Lipinski definition) is 1. The van der Waals surface area contributed by atoms with Crippen LogP contribution in [0.25, 0.3) is 33.1 Å². The van der Waals surface area contributed by atoms with E-state index in [0.717, 1.165) is 11.3 Å². The third kappa shape index (κ3) is 5.27. The van der Waals surface area contributed by atoms with Gasteiger partial charge in [-0.1, -0.05) is 24.2 Å². The van der Waals surface area contributed by atoms with Gasteiger partial charge in [-0.15, -0.1) is 13.2 Å². The topological polar surface area (TPSA) is 96.0 Å². The monoisotopic (exact) mass is 554 g/mol. The lowest BCUT2D eigenvalue weighted by Crippen LogP contribution is -2.25. The van der Waals surface area contributed by atoms with Crippen LogP contribution in [0, 0.1) is 6.92 Å². The molecule has 0 amide bonds. The summed E-state index contributed by atoms with van der Waals surface area (Å²) >= 11 is 0. The molecule has 1 N–H and O–H groups in total. The molecule has 0 saturated heterocycles. The smallest absolute Gasteiger partial charge is 0.497 e. The van der Waals surface area contributed by atoms with Gasteiger partial charge in [0.2, 0.25) is 0 Å². The maximum absolute atomic E-state index is 13.1. The van der Waals surface area contributed by atoms with Crippen molar-refractivity contribution in [2.75, 3.05) is 7.11 Å². The van der Waals surface area contributed by atoms with Gasteiger partial charge in [0.15, 0.2) is 11.7 Å². The van der Waals surface area contributed by atoms with E-state index in [9.17, 15) is 23.1 Å². The average molecular weight is 555 g/mol. The van der Waals surface area contributed by atoms with Crippen molar-refractivity contribution in [3.05, 3.63) is 71.9 Å². The summed E-state index contributed by atoms with van der Waals surface area (Å²) in [5.74, 6) is -0.457. The van der Waals surface area contributed by atoms with E-state index >= 15 is 0 Å². The fourth-order valence-corrected chi connectivity index (χ4v) is 4.75. The number of carboxylic acids is 1. The molecule has 1 atom stereocenters. The fraction of sp³-hybridized carbons (Fsp3) is 0.241. The molecule has 0 aliphatic heterocycles. The van der Waals surface area contributed by atoms with Gasteiger partial charge < -0.3 is 28.4 Å². The molecule has 0 saturated carbocycles. The number of ether oxygens (including phenoxy) is 3. The molecule has 0 spiro atoms. The van der Waals surface area contributed by atoms with Crippen LogP contribution >= 0.6 is 0 Å². The van der Waals surface area contributed by atoms with E-state index < -0.39 is 18.4 Å². The van der Waals surface area contributed by atoms with Crippen LogP contribution in [-0.4, -0.2) is 40.4 Å². The maximum atomic E-state index is 13.1. The molecule has 5 rings (SSSR count). The zero-order valence-electron chi connectivity index (χ0n) is 21.8. The van der Waals surface area contributed by atoms with Gasteiger partial charge in [0, 0.05) is 35.3 Å². The molecule has 2 aromatic heterocycles. The fourth-order valence-electron chi connectivity index (χ4n) is 4.75. The molecule has 0 aliphatic carbocycles. The van der Waals surface area contributed by atoms with Crippen LogP contribution in [0.2, 0.25) is 0 Å². The summed E-state index contributed by atoms with van der Waals surface area (Å²) in [6.45, 7) is 3.81. The minimum Gasteiger partial charge on any atom is -0.497 e. The Morgan fingerprint density at radius 2 is 1.80 bits per heavy atom. The third-order valence-electron chi connectivity index (χ3n) is 6.61. The molecule has 0 fully saturated rings.